The van der Waals surface area contributed by atoms with Crippen LogP contribution in [0.5, 0.6) is 0 Å². The van der Waals surface area contributed by atoms with Crippen LogP contribution >= 0.6 is 0 Å². The second-order valence-electron chi connectivity index (χ2n) is 7.75. The molecule has 0 aromatic heterocycles. The van der Waals surface area contributed by atoms with Crippen molar-refractivity contribution in [1.29, 1.82) is 0 Å². The van der Waals surface area contributed by atoms with E-state index >= 15 is 0 Å². The predicted molar refractivity (Wildman–Crippen MR) is 132 cm³/mol. The van der Waals surface area contributed by atoms with Crippen molar-refractivity contribution in [2.45, 2.75) is 27.7 Å². The van der Waals surface area contributed by atoms with Crippen molar-refractivity contribution < 1.29 is 4.92 Å². The third-order valence-corrected chi connectivity index (χ3v) is 4.44. The third kappa shape index (κ3) is 7.24. The summed E-state index contributed by atoms with van der Waals surface area (Å²) in [7, 11) is 4.01. The zero-order valence-electron chi connectivity index (χ0n) is 19.3. The van der Waals surface area contributed by atoms with E-state index in [1.165, 1.54) is 12.1 Å². The van der Waals surface area contributed by atoms with Gasteiger partial charge in [0.05, 0.1) is 16.1 Å². The van der Waals surface area contributed by atoms with Crippen molar-refractivity contribution in [1.82, 2.24) is 0 Å². The molecule has 2 rings (SSSR count). The zero-order valence-corrected chi connectivity index (χ0v) is 19.3. The minimum absolute atomic E-state index is 0.0425. The quantitative estimate of drug-likeness (QED) is 0.352. The smallest absolute Gasteiger partial charge is 0.269 e. The van der Waals surface area contributed by atoms with E-state index in [4.69, 9.17) is 0 Å². The molecule has 0 saturated heterocycles. The van der Waals surface area contributed by atoms with Gasteiger partial charge in [-0.1, -0.05) is 46.7 Å². The van der Waals surface area contributed by atoms with Gasteiger partial charge in [0.2, 0.25) is 0 Å². The number of anilines is 1. The molecule has 32 heavy (non-hydrogen) atoms. The highest BCUT2D eigenvalue weighted by Gasteiger charge is 2.02. The minimum Gasteiger partial charge on any atom is -0.378 e. The molecule has 0 bridgehead atoms. The van der Waals surface area contributed by atoms with Crippen LogP contribution in [0.1, 0.15) is 38.8 Å². The number of hydrogen-bond donors (Lipinski definition) is 0. The maximum Gasteiger partial charge on any atom is 0.269 e. The zero-order chi connectivity index (χ0) is 23.7. The molecule has 4 nitrogen and oxygen atoms in total. The van der Waals surface area contributed by atoms with Crippen molar-refractivity contribution in [3.05, 3.63) is 92.1 Å². The number of rotatable bonds is 2. The van der Waals surface area contributed by atoms with Gasteiger partial charge in [-0.3, -0.25) is 10.1 Å². The Hall–Kier alpha value is -4.20. The fourth-order valence-electron chi connectivity index (χ4n) is 2.47. The summed E-state index contributed by atoms with van der Waals surface area (Å²) < 4.78 is 0. The third-order valence-electron chi connectivity index (χ3n) is 4.44. The summed E-state index contributed by atoms with van der Waals surface area (Å²) in [5.41, 5.74) is 6.28. The van der Waals surface area contributed by atoms with Crippen LogP contribution in [0.25, 0.3) is 0 Å². The SMILES string of the molecule is CC(C)=C(C#CC(C#Cc1ccc([N+](=O)[O-])cc1)=C(C)C)C#Cc1ccc(N(C)C)cc1. The molecule has 0 radical (unpaired) electrons. The standard InChI is InChI=1S/C28H26N2O2/c1-21(2)25(13-7-23-9-17-27(18-10-23)29(5)6)15-16-26(22(3)4)14-8-24-11-19-28(20-12-24)30(31)32/h9-12,17-20H,1-6H3. The first kappa shape index (κ1) is 24.1. The first-order valence-electron chi connectivity index (χ1n) is 10.1. The first-order valence-corrected chi connectivity index (χ1v) is 10.1. The Morgan fingerprint density at radius 1 is 0.719 bits per heavy atom. The van der Waals surface area contributed by atoms with E-state index < -0.39 is 4.92 Å². The average Bonchev–Trinajstić information content (AvgIpc) is 2.75. The number of nitro groups is 1. The van der Waals surface area contributed by atoms with E-state index in [0.717, 1.165) is 28.0 Å². The lowest BCUT2D eigenvalue weighted by Gasteiger charge is -2.11. The molecule has 0 atom stereocenters. The van der Waals surface area contributed by atoms with Crippen molar-refractivity contribution in [2.24, 2.45) is 0 Å². The molecular formula is C28H26N2O2. The number of nitro benzene ring substituents is 1. The molecule has 0 heterocycles. The summed E-state index contributed by atoms with van der Waals surface area (Å²) in [5, 5.41) is 10.8. The maximum absolute atomic E-state index is 10.8. The Balaban J connectivity index is 2.28. The Morgan fingerprint density at radius 2 is 1.12 bits per heavy atom. The van der Waals surface area contributed by atoms with Crippen LogP contribution < -0.4 is 4.90 Å². The minimum atomic E-state index is -0.428. The largest absolute Gasteiger partial charge is 0.378 e. The van der Waals surface area contributed by atoms with Gasteiger partial charge in [-0.15, -0.1) is 0 Å². The highest BCUT2D eigenvalue weighted by molar-refractivity contribution is 5.58. The number of non-ortho nitro benzene ring substituents is 1. The molecule has 0 aliphatic carbocycles. The molecule has 0 spiro atoms. The van der Waals surface area contributed by atoms with Crippen LogP contribution in [0.2, 0.25) is 0 Å². The molecule has 0 N–H and O–H groups in total. The summed E-state index contributed by atoms with van der Waals surface area (Å²) in [5.74, 6) is 18.8. The topological polar surface area (TPSA) is 46.4 Å². The van der Waals surface area contributed by atoms with E-state index in [1.54, 1.807) is 12.1 Å². The van der Waals surface area contributed by atoms with Gasteiger partial charge in [-0.2, -0.15) is 0 Å². The fraction of sp³-hybridized carbons (Fsp3) is 0.214. The lowest BCUT2D eigenvalue weighted by atomic mass is 10.1. The number of benzene rings is 2. The Bertz CT molecular complexity index is 1230. The maximum atomic E-state index is 10.8. The molecule has 160 valence electrons. The highest BCUT2D eigenvalue weighted by Crippen LogP contribution is 2.13. The highest BCUT2D eigenvalue weighted by atomic mass is 16.6. The van der Waals surface area contributed by atoms with Gasteiger partial charge in [0.15, 0.2) is 0 Å². The summed E-state index contributed by atoms with van der Waals surface area (Å²) in [4.78, 5) is 12.4. The molecule has 0 unspecified atom stereocenters. The Morgan fingerprint density at radius 3 is 1.47 bits per heavy atom. The van der Waals surface area contributed by atoms with Crippen LogP contribution in [0.15, 0.2) is 70.8 Å². The Labute approximate surface area is 190 Å². The fourth-order valence-corrected chi connectivity index (χ4v) is 2.47. The monoisotopic (exact) mass is 422 g/mol. The van der Waals surface area contributed by atoms with Crippen molar-refractivity contribution >= 4 is 11.4 Å². The van der Waals surface area contributed by atoms with E-state index in [1.807, 2.05) is 71.0 Å². The summed E-state index contributed by atoms with van der Waals surface area (Å²) >= 11 is 0. The van der Waals surface area contributed by atoms with Gasteiger partial charge in [-0.25, -0.2) is 0 Å². The predicted octanol–water partition coefficient (Wildman–Crippen LogP) is 5.74. The van der Waals surface area contributed by atoms with Gasteiger partial charge in [0.25, 0.3) is 5.69 Å². The van der Waals surface area contributed by atoms with Crippen molar-refractivity contribution in [3.63, 3.8) is 0 Å². The molecule has 0 saturated carbocycles. The second-order valence-corrected chi connectivity index (χ2v) is 7.75. The first-order chi connectivity index (χ1) is 15.2. The normalized spacial score (nSPS) is 9.06. The molecule has 4 heteroatoms. The average molecular weight is 423 g/mol. The summed E-state index contributed by atoms with van der Waals surface area (Å²) in [6.45, 7) is 7.88. The number of allylic oxidation sites excluding steroid dienone is 4. The molecule has 0 aliphatic heterocycles. The van der Waals surface area contributed by atoms with Crippen molar-refractivity contribution in [3.8, 4) is 35.5 Å². The van der Waals surface area contributed by atoms with Crippen LogP contribution in [0, 0.1) is 45.6 Å². The van der Waals surface area contributed by atoms with E-state index in [-0.39, 0.29) is 5.69 Å². The van der Waals surface area contributed by atoms with Crippen molar-refractivity contribution in [2.75, 3.05) is 19.0 Å². The van der Waals surface area contributed by atoms with Gasteiger partial charge < -0.3 is 4.90 Å². The van der Waals surface area contributed by atoms with E-state index in [9.17, 15) is 10.1 Å². The molecule has 2 aromatic rings. The van der Waals surface area contributed by atoms with Crippen LogP contribution in [0.3, 0.4) is 0 Å². The lowest BCUT2D eigenvalue weighted by molar-refractivity contribution is -0.384. The van der Waals surface area contributed by atoms with Gasteiger partial charge in [0.1, 0.15) is 0 Å². The van der Waals surface area contributed by atoms with E-state index in [0.29, 0.717) is 11.1 Å². The molecule has 0 fully saturated rings. The summed E-state index contributed by atoms with van der Waals surface area (Å²) in [6, 6.07) is 14.2. The van der Waals surface area contributed by atoms with Crippen LogP contribution in [-0.2, 0) is 0 Å². The number of nitrogens with zero attached hydrogens (tertiary/aromatic N) is 2. The Kier molecular flexibility index (Phi) is 8.47. The van der Waals surface area contributed by atoms with Gasteiger partial charge in [-0.05, 0) is 64.1 Å². The molecule has 2 aromatic carbocycles. The van der Waals surface area contributed by atoms with Gasteiger partial charge in [0, 0.05) is 43.0 Å². The lowest BCUT2D eigenvalue weighted by Crippen LogP contribution is -2.07. The second kappa shape index (κ2) is 11.3. The van der Waals surface area contributed by atoms with Crippen LogP contribution in [0.4, 0.5) is 11.4 Å². The van der Waals surface area contributed by atoms with Crippen LogP contribution in [-0.4, -0.2) is 19.0 Å². The molecule has 0 aliphatic rings. The summed E-state index contributed by atoms with van der Waals surface area (Å²) in [6.07, 6.45) is 0. The number of hydrogen-bond acceptors (Lipinski definition) is 3. The van der Waals surface area contributed by atoms with E-state index in [2.05, 4.69) is 35.5 Å². The molecule has 0 amide bonds. The van der Waals surface area contributed by atoms with Gasteiger partial charge >= 0.3 is 0 Å². The molecular weight excluding hydrogens is 396 g/mol.